The van der Waals surface area contributed by atoms with E-state index in [1.807, 2.05) is 6.92 Å². The third kappa shape index (κ3) is 2.13. The predicted octanol–water partition coefficient (Wildman–Crippen LogP) is 1.54. The fourth-order valence-corrected chi connectivity index (χ4v) is 0.847. The number of halogens is 1. The molecule has 1 heterocycles. The molecule has 0 aromatic carbocycles. The fraction of sp³-hybridized carbons (Fsp3) is 0.429. The molecule has 4 heteroatoms. The van der Waals surface area contributed by atoms with Crippen molar-refractivity contribution < 1.29 is 0 Å². The average Bonchev–Trinajstić information content (AvgIpc) is 2.05. The molecule has 0 aliphatic carbocycles. The lowest BCUT2D eigenvalue weighted by molar-refractivity contribution is 0.690. The third-order valence-electron chi connectivity index (χ3n) is 1.51. The van der Waals surface area contributed by atoms with Crippen molar-refractivity contribution in [1.82, 2.24) is 9.97 Å². The van der Waals surface area contributed by atoms with E-state index < -0.39 is 0 Å². The topological polar surface area (TPSA) is 51.8 Å². The van der Waals surface area contributed by atoms with E-state index in [0.29, 0.717) is 0 Å². The lowest BCUT2D eigenvalue weighted by atomic mass is 10.1. The molecular formula is C7H10ClN3. The smallest absolute Gasteiger partial charge is 0.222 e. The number of hydrogen-bond acceptors (Lipinski definition) is 3. The molecule has 1 unspecified atom stereocenters. The molecule has 1 aromatic rings. The molecule has 1 aromatic heterocycles. The third-order valence-corrected chi connectivity index (χ3v) is 1.70. The van der Waals surface area contributed by atoms with Crippen LogP contribution in [0.25, 0.3) is 0 Å². The monoisotopic (exact) mass is 171 g/mol. The maximum Gasteiger partial charge on any atom is 0.222 e. The summed E-state index contributed by atoms with van der Waals surface area (Å²) in [6, 6.07) is 0.0206. The highest BCUT2D eigenvalue weighted by atomic mass is 35.5. The molecule has 0 spiro atoms. The number of rotatable bonds is 2. The van der Waals surface area contributed by atoms with Crippen molar-refractivity contribution in [2.24, 2.45) is 5.73 Å². The molecule has 60 valence electrons. The summed E-state index contributed by atoms with van der Waals surface area (Å²) < 4.78 is 0. The van der Waals surface area contributed by atoms with Crippen molar-refractivity contribution in [2.75, 3.05) is 0 Å². The van der Waals surface area contributed by atoms with Crippen LogP contribution in [0.4, 0.5) is 0 Å². The number of nitrogens with zero attached hydrogens (tertiary/aromatic N) is 2. The van der Waals surface area contributed by atoms with E-state index >= 15 is 0 Å². The normalized spacial score (nSPS) is 13.0. The Kier molecular flexibility index (Phi) is 2.79. The van der Waals surface area contributed by atoms with Crippen molar-refractivity contribution in [3.05, 3.63) is 23.2 Å². The van der Waals surface area contributed by atoms with Gasteiger partial charge in [-0.05, 0) is 18.0 Å². The predicted molar refractivity (Wildman–Crippen MR) is 44.3 cm³/mol. The van der Waals surface area contributed by atoms with Crippen LogP contribution >= 0.6 is 11.6 Å². The zero-order chi connectivity index (χ0) is 8.27. The fourth-order valence-electron chi connectivity index (χ4n) is 0.749. The molecule has 2 N–H and O–H groups in total. The zero-order valence-electron chi connectivity index (χ0n) is 6.29. The SMILES string of the molecule is CCC(N)c1cnc(Cl)nc1. The van der Waals surface area contributed by atoms with Gasteiger partial charge in [-0.3, -0.25) is 0 Å². The van der Waals surface area contributed by atoms with Gasteiger partial charge in [-0.25, -0.2) is 9.97 Å². The van der Waals surface area contributed by atoms with Gasteiger partial charge in [-0.2, -0.15) is 0 Å². The van der Waals surface area contributed by atoms with Gasteiger partial charge in [-0.15, -0.1) is 0 Å². The van der Waals surface area contributed by atoms with E-state index in [4.69, 9.17) is 17.3 Å². The van der Waals surface area contributed by atoms with Gasteiger partial charge in [0.1, 0.15) is 0 Å². The van der Waals surface area contributed by atoms with Gasteiger partial charge in [0.25, 0.3) is 0 Å². The van der Waals surface area contributed by atoms with Crippen molar-refractivity contribution in [3.8, 4) is 0 Å². The molecule has 0 aliphatic heterocycles. The molecule has 3 nitrogen and oxygen atoms in total. The van der Waals surface area contributed by atoms with Crippen LogP contribution in [0.2, 0.25) is 5.28 Å². The Labute approximate surface area is 70.6 Å². The molecule has 11 heavy (non-hydrogen) atoms. The second-order valence-corrected chi connectivity index (χ2v) is 2.64. The van der Waals surface area contributed by atoms with E-state index in [2.05, 4.69) is 9.97 Å². The highest BCUT2D eigenvalue weighted by Gasteiger charge is 2.02. The summed E-state index contributed by atoms with van der Waals surface area (Å²) in [6.45, 7) is 2.01. The van der Waals surface area contributed by atoms with E-state index in [0.717, 1.165) is 12.0 Å². The molecule has 0 bridgehead atoms. The van der Waals surface area contributed by atoms with Crippen LogP contribution in [-0.2, 0) is 0 Å². The molecule has 0 saturated heterocycles. The van der Waals surface area contributed by atoms with Crippen LogP contribution in [0.5, 0.6) is 0 Å². The molecule has 1 atom stereocenters. The maximum atomic E-state index is 5.72. The Morgan fingerprint density at radius 3 is 2.55 bits per heavy atom. The van der Waals surface area contributed by atoms with Crippen molar-refractivity contribution in [1.29, 1.82) is 0 Å². The lowest BCUT2D eigenvalue weighted by Gasteiger charge is -2.06. The van der Waals surface area contributed by atoms with Crippen LogP contribution in [-0.4, -0.2) is 9.97 Å². The van der Waals surface area contributed by atoms with Crippen LogP contribution < -0.4 is 5.73 Å². The summed E-state index contributed by atoms with van der Waals surface area (Å²) in [6.07, 6.45) is 4.19. The Bertz CT molecular complexity index is 222. The van der Waals surface area contributed by atoms with Crippen molar-refractivity contribution in [3.63, 3.8) is 0 Å². The Hall–Kier alpha value is -0.670. The Balaban J connectivity index is 2.81. The van der Waals surface area contributed by atoms with Gasteiger partial charge < -0.3 is 5.73 Å². The molecular weight excluding hydrogens is 162 g/mol. The van der Waals surface area contributed by atoms with Gasteiger partial charge in [0.2, 0.25) is 5.28 Å². The molecule has 0 saturated carbocycles. The van der Waals surface area contributed by atoms with E-state index in [1.54, 1.807) is 12.4 Å². The molecule has 0 amide bonds. The van der Waals surface area contributed by atoms with E-state index in [-0.39, 0.29) is 11.3 Å². The van der Waals surface area contributed by atoms with Gasteiger partial charge in [0, 0.05) is 24.0 Å². The maximum absolute atomic E-state index is 5.72. The van der Waals surface area contributed by atoms with Gasteiger partial charge in [0.05, 0.1) is 0 Å². The molecule has 0 aliphatic rings. The van der Waals surface area contributed by atoms with Gasteiger partial charge in [0.15, 0.2) is 0 Å². The minimum atomic E-state index is 0.0206. The number of hydrogen-bond donors (Lipinski definition) is 1. The summed E-state index contributed by atoms with van der Waals surface area (Å²) in [4.78, 5) is 7.64. The van der Waals surface area contributed by atoms with E-state index in [9.17, 15) is 0 Å². The minimum Gasteiger partial charge on any atom is -0.324 e. The quantitative estimate of drug-likeness (QED) is 0.687. The molecule has 1 rings (SSSR count). The summed E-state index contributed by atoms with van der Waals surface area (Å²) >= 11 is 5.50. The minimum absolute atomic E-state index is 0.0206. The highest BCUT2D eigenvalue weighted by molar-refractivity contribution is 6.28. The van der Waals surface area contributed by atoms with Gasteiger partial charge >= 0.3 is 0 Å². The van der Waals surface area contributed by atoms with Crippen LogP contribution in [0.1, 0.15) is 24.9 Å². The second kappa shape index (κ2) is 3.64. The summed E-state index contributed by atoms with van der Waals surface area (Å²) in [7, 11) is 0. The first-order valence-corrected chi connectivity index (χ1v) is 3.85. The average molecular weight is 172 g/mol. The van der Waals surface area contributed by atoms with Crippen LogP contribution in [0, 0.1) is 0 Å². The first-order valence-electron chi connectivity index (χ1n) is 3.47. The Morgan fingerprint density at radius 2 is 2.09 bits per heavy atom. The zero-order valence-corrected chi connectivity index (χ0v) is 7.04. The van der Waals surface area contributed by atoms with E-state index in [1.165, 1.54) is 0 Å². The first-order chi connectivity index (χ1) is 5.24. The second-order valence-electron chi connectivity index (χ2n) is 2.30. The van der Waals surface area contributed by atoms with Gasteiger partial charge in [-0.1, -0.05) is 6.92 Å². The van der Waals surface area contributed by atoms with Crippen molar-refractivity contribution in [2.45, 2.75) is 19.4 Å². The lowest BCUT2D eigenvalue weighted by Crippen LogP contribution is -2.09. The summed E-state index contributed by atoms with van der Waals surface area (Å²) in [5.74, 6) is 0. The first kappa shape index (κ1) is 8.43. The van der Waals surface area contributed by atoms with Crippen molar-refractivity contribution >= 4 is 11.6 Å². The summed E-state index contributed by atoms with van der Waals surface area (Å²) in [5.41, 5.74) is 6.65. The number of aromatic nitrogens is 2. The highest BCUT2D eigenvalue weighted by Crippen LogP contribution is 2.11. The Morgan fingerprint density at radius 1 is 1.55 bits per heavy atom. The molecule has 0 radical (unpaired) electrons. The largest absolute Gasteiger partial charge is 0.324 e. The molecule has 0 fully saturated rings. The van der Waals surface area contributed by atoms with Crippen LogP contribution in [0.3, 0.4) is 0 Å². The summed E-state index contributed by atoms with van der Waals surface area (Å²) in [5, 5.41) is 0.261. The number of nitrogens with two attached hydrogens (primary N) is 1. The standard InChI is InChI=1S/C7H10ClN3/c1-2-6(9)5-3-10-7(8)11-4-5/h3-4,6H,2,9H2,1H3. The van der Waals surface area contributed by atoms with Crippen LogP contribution in [0.15, 0.2) is 12.4 Å².